The van der Waals surface area contributed by atoms with E-state index in [-0.39, 0.29) is 5.91 Å². The molecule has 0 aliphatic carbocycles. The van der Waals surface area contributed by atoms with Crippen molar-refractivity contribution in [2.45, 2.75) is 31.7 Å². The summed E-state index contributed by atoms with van der Waals surface area (Å²) >= 11 is 1.69. The predicted octanol–water partition coefficient (Wildman–Crippen LogP) is 3.66. The third-order valence-electron chi connectivity index (χ3n) is 2.86. The number of hydrogen-bond donors (Lipinski definition) is 1. The fourth-order valence-electron chi connectivity index (χ4n) is 1.91. The topological polar surface area (TPSA) is 46.9 Å². The normalized spacial score (nSPS) is 10.8. The van der Waals surface area contributed by atoms with Gasteiger partial charge in [-0.15, -0.1) is 11.8 Å². The van der Waals surface area contributed by atoms with Crippen molar-refractivity contribution in [1.82, 2.24) is 9.78 Å². The van der Waals surface area contributed by atoms with Crippen molar-refractivity contribution < 1.29 is 4.79 Å². The molecule has 5 heteroatoms. The summed E-state index contributed by atoms with van der Waals surface area (Å²) in [6, 6.07) is 12.0. The summed E-state index contributed by atoms with van der Waals surface area (Å²) in [5.74, 6) is 2.07. The van der Waals surface area contributed by atoms with E-state index >= 15 is 0 Å². The second-order valence-corrected chi connectivity index (χ2v) is 6.42. The maximum atomic E-state index is 12.0. The maximum Gasteiger partial charge on any atom is 0.226 e. The van der Waals surface area contributed by atoms with Crippen LogP contribution in [0.5, 0.6) is 0 Å². The van der Waals surface area contributed by atoms with E-state index in [9.17, 15) is 4.79 Å². The van der Waals surface area contributed by atoms with Crippen LogP contribution in [0.15, 0.2) is 47.5 Å². The second kappa shape index (κ2) is 7.88. The van der Waals surface area contributed by atoms with Crippen molar-refractivity contribution in [3.05, 3.63) is 42.6 Å². The van der Waals surface area contributed by atoms with E-state index in [1.165, 1.54) is 4.90 Å². The molecule has 21 heavy (non-hydrogen) atoms. The number of anilines is 1. The molecule has 0 bridgehead atoms. The Morgan fingerprint density at radius 3 is 2.76 bits per heavy atom. The third kappa shape index (κ3) is 5.27. The van der Waals surface area contributed by atoms with Crippen LogP contribution in [0.25, 0.3) is 0 Å². The van der Waals surface area contributed by atoms with Gasteiger partial charge in [0.2, 0.25) is 5.91 Å². The summed E-state index contributed by atoms with van der Waals surface area (Å²) in [5, 5.41) is 7.16. The predicted molar refractivity (Wildman–Crippen MR) is 87.5 cm³/mol. The van der Waals surface area contributed by atoms with Gasteiger partial charge >= 0.3 is 0 Å². The molecule has 0 saturated heterocycles. The quantitative estimate of drug-likeness (QED) is 0.794. The van der Waals surface area contributed by atoms with E-state index in [0.29, 0.717) is 12.3 Å². The van der Waals surface area contributed by atoms with Crippen molar-refractivity contribution in [2.24, 2.45) is 5.92 Å². The van der Waals surface area contributed by atoms with Crippen LogP contribution in [0.3, 0.4) is 0 Å². The number of nitrogens with one attached hydrogen (secondary N) is 1. The number of hydrogen-bond acceptors (Lipinski definition) is 3. The first-order valence-corrected chi connectivity index (χ1v) is 8.13. The van der Waals surface area contributed by atoms with E-state index < -0.39 is 0 Å². The van der Waals surface area contributed by atoms with Crippen LogP contribution in [0.2, 0.25) is 0 Å². The molecule has 4 nitrogen and oxygen atoms in total. The molecule has 0 unspecified atom stereocenters. The standard InChI is InChI=1S/C16H21N3OS/c1-13(2)12-19-15(8-10-17-19)18-16(20)9-11-21-14-6-4-3-5-7-14/h3-8,10,13H,9,11-12H2,1-2H3,(H,18,20). The van der Waals surface area contributed by atoms with Gasteiger partial charge in [-0.3, -0.25) is 4.79 Å². The molecule has 2 aromatic rings. The monoisotopic (exact) mass is 303 g/mol. The van der Waals surface area contributed by atoms with Gasteiger partial charge in [-0.1, -0.05) is 32.0 Å². The van der Waals surface area contributed by atoms with Crippen LogP contribution in [-0.4, -0.2) is 21.4 Å². The highest BCUT2D eigenvalue weighted by Gasteiger charge is 2.08. The summed E-state index contributed by atoms with van der Waals surface area (Å²) in [4.78, 5) is 13.2. The molecule has 0 saturated carbocycles. The zero-order chi connectivity index (χ0) is 15.1. The molecule has 2 rings (SSSR count). The van der Waals surface area contributed by atoms with Crippen LogP contribution in [0.1, 0.15) is 20.3 Å². The molecule has 0 spiro atoms. The molecule has 0 atom stereocenters. The number of aromatic nitrogens is 2. The minimum atomic E-state index is 0.0314. The fourth-order valence-corrected chi connectivity index (χ4v) is 2.79. The Morgan fingerprint density at radius 1 is 1.29 bits per heavy atom. The van der Waals surface area contributed by atoms with Gasteiger partial charge in [-0.05, 0) is 18.1 Å². The molecule has 1 N–H and O–H groups in total. The smallest absolute Gasteiger partial charge is 0.226 e. The SMILES string of the molecule is CC(C)Cn1nccc1NC(=O)CCSc1ccccc1. The molecule has 1 heterocycles. The summed E-state index contributed by atoms with van der Waals surface area (Å²) in [5.41, 5.74) is 0. The highest BCUT2D eigenvalue weighted by atomic mass is 32.2. The molecule has 0 fully saturated rings. The van der Waals surface area contributed by atoms with Gasteiger partial charge in [0.25, 0.3) is 0 Å². The van der Waals surface area contributed by atoms with Gasteiger partial charge in [0.05, 0.1) is 6.20 Å². The molecule has 0 radical (unpaired) electrons. The highest BCUT2D eigenvalue weighted by molar-refractivity contribution is 7.99. The number of carbonyl (C=O) groups excluding carboxylic acids is 1. The van der Waals surface area contributed by atoms with Crippen LogP contribution in [0, 0.1) is 5.92 Å². The number of amides is 1. The van der Waals surface area contributed by atoms with Gasteiger partial charge in [0.15, 0.2) is 0 Å². The van der Waals surface area contributed by atoms with E-state index in [1.54, 1.807) is 18.0 Å². The Kier molecular flexibility index (Phi) is 5.87. The maximum absolute atomic E-state index is 12.0. The zero-order valence-electron chi connectivity index (χ0n) is 12.5. The first-order chi connectivity index (χ1) is 10.1. The first-order valence-electron chi connectivity index (χ1n) is 7.14. The van der Waals surface area contributed by atoms with Crippen molar-refractivity contribution in [3.8, 4) is 0 Å². The Morgan fingerprint density at radius 2 is 2.05 bits per heavy atom. The van der Waals surface area contributed by atoms with Crippen molar-refractivity contribution >= 4 is 23.5 Å². The lowest BCUT2D eigenvalue weighted by molar-refractivity contribution is -0.115. The molecule has 1 amide bonds. The lowest BCUT2D eigenvalue weighted by Crippen LogP contribution is -2.17. The molecule has 1 aromatic carbocycles. The second-order valence-electron chi connectivity index (χ2n) is 5.25. The van der Waals surface area contributed by atoms with E-state index in [0.717, 1.165) is 18.1 Å². The molecular formula is C16H21N3OS. The highest BCUT2D eigenvalue weighted by Crippen LogP contribution is 2.18. The summed E-state index contributed by atoms with van der Waals surface area (Å²) < 4.78 is 1.84. The van der Waals surface area contributed by atoms with Crippen molar-refractivity contribution in [2.75, 3.05) is 11.1 Å². The Hall–Kier alpha value is -1.75. The largest absolute Gasteiger partial charge is 0.311 e. The number of thioether (sulfide) groups is 1. The van der Waals surface area contributed by atoms with Gasteiger partial charge in [0, 0.05) is 29.7 Å². The first kappa shape index (κ1) is 15.6. The van der Waals surface area contributed by atoms with E-state index in [2.05, 4.69) is 36.4 Å². The average molecular weight is 303 g/mol. The summed E-state index contributed by atoms with van der Waals surface area (Å²) in [6.45, 7) is 5.06. The minimum absolute atomic E-state index is 0.0314. The molecule has 0 aliphatic heterocycles. The van der Waals surface area contributed by atoms with Crippen LogP contribution in [0.4, 0.5) is 5.82 Å². The zero-order valence-corrected chi connectivity index (χ0v) is 13.3. The van der Waals surface area contributed by atoms with Gasteiger partial charge in [0.1, 0.15) is 5.82 Å². The lowest BCUT2D eigenvalue weighted by Gasteiger charge is -2.10. The summed E-state index contributed by atoms with van der Waals surface area (Å²) in [6.07, 6.45) is 2.21. The number of benzene rings is 1. The Bertz CT molecular complexity index is 566. The lowest BCUT2D eigenvalue weighted by atomic mass is 10.2. The van der Waals surface area contributed by atoms with Crippen LogP contribution < -0.4 is 5.32 Å². The number of nitrogens with zero attached hydrogens (tertiary/aromatic N) is 2. The van der Waals surface area contributed by atoms with Crippen LogP contribution >= 0.6 is 11.8 Å². The Labute approximate surface area is 129 Å². The van der Waals surface area contributed by atoms with Crippen molar-refractivity contribution in [1.29, 1.82) is 0 Å². The fraction of sp³-hybridized carbons (Fsp3) is 0.375. The molecule has 0 aliphatic rings. The van der Waals surface area contributed by atoms with Gasteiger partial charge in [-0.2, -0.15) is 5.10 Å². The Balaban J connectivity index is 1.78. The summed E-state index contributed by atoms with van der Waals surface area (Å²) in [7, 11) is 0. The number of carbonyl (C=O) groups is 1. The number of rotatable bonds is 7. The minimum Gasteiger partial charge on any atom is -0.311 e. The van der Waals surface area contributed by atoms with Gasteiger partial charge in [-0.25, -0.2) is 4.68 Å². The van der Waals surface area contributed by atoms with Crippen molar-refractivity contribution in [3.63, 3.8) is 0 Å². The van der Waals surface area contributed by atoms with Gasteiger partial charge < -0.3 is 5.32 Å². The van der Waals surface area contributed by atoms with E-state index in [4.69, 9.17) is 0 Å². The third-order valence-corrected chi connectivity index (χ3v) is 3.88. The molecular weight excluding hydrogens is 282 g/mol. The molecule has 1 aromatic heterocycles. The molecule has 112 valence electrons. The van der Waals surface area contributed by atoms with Crippen LogP contribution in [-0.2, 0) is 11.3 Å². The average Bonchev–Trinajstić information content (AvgIpc) is 2.86. The van der Waals surface area contributed by atoms with E-state index in [1.807, 2.05) is 28.9 Å².